The molecule has 1 N–H and O–H groups in total. The third-order valence-corrected chi connectivity index (χ3v) is 5.47. The number of carbonyl (C=O) groups is 1. The smallest absolute Gasteiger partial charge is 0.225 e. The Morgan fingerprint density at radius 1 is 1.36 bits per heavy atom. The van der Waals surface area contributed by atoms with E-state index >= 15 is 4.39 Å². The maximum absolute atomic E-state index is 15.0. The number of piperidine rings is 1. The molecule has 4 rings (SSSR count). The number of nitrogens with one attached hydrogen (secondary N) is 1. The summed E-state index contributed by atoms with van der Waals surface area (Å²) in [7, 11) is 0. The fourth-order valence-electron chi connectivity index (χ4n) is 3.52. The average molecular weight is 348 g/mol. The predicted octanol–water partition coefficient (Wildman–Crippen LogP) is 1.82. The van der Waals surface area contributed by atoms with Gasteiger partial charge < -0.3 is 15.0 Å². The Bertz CT molecular complexity index is 623. The summed E-state index contributed by atoms with van der Waals surface area (Å²) in [4.78, 5) is 23.1. The van der Waals surface area contributed by atoms with Gasteiger partial charge in [-0.1, -0.05) is 0 Å². The lowest BCUT2D eigenvalue weighted by Gasteiger charge is -2.37. The van der Waals surface area contributed by atoms with E-state index in [0.29, 0.717) is 45.1 Å². The van der Waals surface area contributed by atoms with Crippen molar-refractivity contribution in [3.63, 3.8) is 0 Å². The van der Waals surface area contributed by atoms with Gasteiger partial charge in [0, 0.05) is 44.7 Å². The van der Waals surface area contributed by atoms with Crippen molar-refractivity contribution in [1.29, 1.82) is 0 Å². The summed E-state index contributed by atoms with van der Waals surface area (Å²) in [6, 6.07) is 1.90. The first-order valence-electron chi connectivity index (χ1n) is 9.25. The molecule has 0 radical (unpaired) electrons. The molecule has 3 fully saturated rings. The normalized spacial score (nSPS) is 25.8. The third kappa shape index (κ3) is 3.92. The van der Waals surface area contributed by atoms with Crippen molar-refractivity contribution >= 4 is 11.7 Å². The molecule has 1 aromatic rings. The van der Waals surface area contributed by atoms with E-state index in [1.54, 1.807) is 6.20 Å². The van der Waals surface area contributed by atoms with Gasteiger partial charge in [0.2, 0.25) is 5.91 Å². The van der Waals surface area contributed by atoms with E-state index in [2.05, 4.69) is 20.2 Å². The number of alkyl halides is 1. The summed E-state index contributed by atoms with van der Waals surface area (Å²) in [5.74, 6) is 2.12. The topological polar surface area (TPSA) is 67.4 Å². The van der Waals surface area contributed by atoms with Crippen LogP contribution in [0.3, 0.4) is 0 Å². The lowest BCUT2D eigenvalue weighted by Crippen LogP contribution is -2.49. The van der Waals surface area contributed by atoms with Gasteiger partial charge in [0.1, 0.15) is 17.3 Å². The number of hydrogen-bond donors (Lipinski definition) is 1. The van der Waals surface area contributed by atoms with Crippen molar-refractivity contribution in [2.45, 2.75) is 43.7 Å². The van der Waals surface area contributed by atoms with Gasteiger partial charge in [-0.25, -0.2) is 14.4 Å². The number of halogens is 1. The maximum Gasteiger partial charge on any atom is 0.225 e. The van der Waals surface area contributed by atoms with Crippen LogP contribution in [-0.2, 0) is 9.53 Å². The molecule has 1 unspecified atom stereocenters. The van der Waals surface area contributed by atoms with Crippen LogP contribution >= 0.6 is 0 Å². The van der Waals surface area contributed by atoms with Crippen LogP contribution in [-0.4, -0.2) is 54.4 Å². The maximum atomic E-state index is 15.0. The molecule has 2 aliphatic heterocycles. The van der Waals surface area contributed by atoms with Crippen molar-refractivity contribution < 1.29 is 13.9 Å². The number of nitrogens with zero attached hydrogens (tertiary/aromatic N) is 3. The quantitative estimate of drug-likeness (QED) is 0.879. The number of hydrogen-bond acceptors (Lipinski definition) is 5. The molecular weight excluding hydrogens is 323 g/mol. The highest BCUT2D eigenvalue weighted by atomic mass is 19.1. The van der Waals surface area contributed by atoms with Crippen molar-refractivity contribution in [3.8, 4) is 0 Å². The highest BCUT2D eigenvalue weighted by Crippen LogP contribution is 2.38. The lowest BCUT2D eigenvalue weighted by atomic mass is 9.93. The Hall–Kier alpha value is -1.76. The fourth-order valence-corrected chi connectivity index (χ4v) is 3.52. The lowest BCUT2D eigenvalue weighted by molar-refractivity contribution is -0.125. The van der Waals surface area contributed by atoms with Gasteiger partial charge in [0.05, 0.1) is 19.1 Å². The average Bonchev–Trinajstić information content (AvgIpc) is 3.35. The first-order chi connectivity index (χ1) is 12.1. The van der Waals surface area contributed by atoms with Gasteiger partial charge in [0.15, 0.2) is 0 Å². The van der Waals surface area contributed by atoms with E-state index in [4.69, 9.17) is 4.74 Å². The molecule has 25 heavy (non-hydrogen) atoms. The standard InChI is InChI=1S/C18H25FN4O2/c19-18(12-21-17(24)14-4-10-25-11-14)5-8-23(9-6-18)15-3-7-20-16(22-15)13-1-2-13/h3,7,13-14H,1-2,4-6,8-12H2,(H,21,24). The van der Waals surface area contributed by atoms with Crippen LogP contribution in [0.25, 0.3) is 0 Å². The zero-order valence-corrected chi connectivity index (χ0v) is 14.4. The molecule has 0 bridgehead atoms. The highest BCUT2D eigenvalue weighted by Gasteiger charge is 2.36. The Morgan fingerprint density at radius 2 is 2.16 bits per heavy atom. The summed E-state index contributed by atoms with van der Waals surface area (Å²) in [5.41, 5.74) is -1.34. The van der Waals surface area contributed by atoms with Crippen LogP contribution in [0.5, 0.6) is 0 Å². The predicted molar refractivity (Wildman–Crippen MR) is 91.2 cm³/mol. The second kappa shape index (κ2) is 6.86. The van der Waals surface area contributed by atoms with E-state index in [0.717, 1.165) is 18.1 Å². The Balaban J connectivity index is 1.29. The molecule has 2 saturated heterocycles. The van der Waals surface area contributed by atoms with E-state index in [1.807, 2.05) is 6.07 Å². The van der Waals surface area contributed by atoms with Gasteiger partial charge >= 0.3 is 0 Å². The number of rotatable bonds is 5. The first kappa shape index (κ1) is 16.7. The number of aromatic nitrogens is 2. The van der Waals surface area contributed by atoms with E-state index in [1.165, 1.54) is 12.8 Å². The van der Waals surface area contributed by atoms with Crippen molar-refractivity contribution in [2.75, 3.05) is 37.7 Å². The van der Waals surface area contributed by atoms with Crippen LogP contribution in [0, 0.1) is 5.92 Å². The van der Waals surface area contributed by atoms with Gasteiger partial charge in [-0.3, -0.25) is 4.79 Å². The third-order valence-electron chi connectivity index (χ3n) is 5.47. The monoisotopic (exact) mass is 348 g/mol. The van der Waals surface area contributed by atoms with Gasteiger partial charge in [0.25, 0.3) is 0 Å². The molecule has 0 aromatic carbocycles. The molecule has 1 aliphatic carbocycles. The summed E-state index contributed by atoms with van der Waals surface area (Å²) in [5, 5.41) is 2.78. The van der Waals surface area contributed by atoms with Crippen molar-refractivity contribution in [2.24, 2.45) is 5.92 Å². The van der Waals surface area contributed by atoms with E-state index in [9.17, 15) is 4.79 Å². The SMILES string of the molecule is O=C(NCC1(F)CCN(c2ccnc(C3CC3)n2)CC1)C1CCOC1. The number of amides is 1. The Labute approximate surface area is 147 Å². The minimum Gasteiger partial charge on any atom is -0.381 e. The van der Waals surface area contributed by atoms with Crippen LogP contribution in [0.2, 0.25) is 0 Å². The zero-order chi connectivity index (χ0) is 17.3. The molecule has 136 valence electrons. The summed E-state index contributed by atoms with van der Waals surface area (Å²) < 4.78 is 20.2. The van der Waals surface area contributed by atoms with Crippen LogP contribution < -0.4 is 10.2 Å². The van der Waals surface area contributed by atoms with Crippen molar-refractivity contribution in [1.82, 2.24) is 15.3 Å². The van der Waals surface area contributed by atoms with Crippen LogP contribution in [0.4, 0.5) is 10.2 Å². The molecular formula is C18H25FN4O2. The minimum absolute atomic E-state index is 0.0816. The van der Waals surface area contributed by atoms with Gasteiger partial charge in [-0.2, -0.15) is 0 Å². The fraction of sp³-hybridized carbons (Fsp3) is 0.722. The number of ether oxygens (including phenoxy) is 1. The van der Waals surface area contributed by atoms with E-state index < -0.39 is 5.67 Å². The molecule has 3 aliphatic rings. The van der Waals surface area contributed by atoms with Crippen LogP contribution in [0.15, 0.2) is 12.3 Å². The molecule has 3 heterocycles. The summed E-state index contributed by atoms with van der Waals surface area (Å²) in [6.07, 6.45) is 5.67. The second-order valence-corrected chi connectivity index (χ2v) is 7.46. The molecule has 6 nitrogen and oxygen atoms in total. The molecule has 1 amide bonds. The molecule has 1 atom stereocenters. The molecule has 7 heteroatoms. The zero-order valence-electron chi connectivity index (χ0n) is 14.4. The summed E-state index contributed by atoms with van der Waals surface area (Å²) >= 11 is 0. The van der Waals surface area contributed by atoms with Crippen molar-refractivity contribution in [3.05, 3.63) is 18.1 Å². The number of carbonyl (C=O) groups excluding carboxylic acids is 1. The Morgan fingerprint density at radius 3 is 2.84 bits per heavy atom. The molecule has 0 spiro atoms. The Kier molecular flexibility index (Phi) is 4.58. The molecule has 1 saturated carbocycles. The summed E-state index contributed by atoms with van der Waals surface area (Å²) in [6.45, 7) is 2.39. The second-order valence-electron chi connectivity index (χ2n) is 7.46. The molecule has 1 aromatic heterocycles. The first-order valence-corrected chi connectivity index (χ1v) is 9.25. The van der Waals surface area contributed by atoms with Gasteiger partial charge in [-0.15, -0.1) is 0 Å². The minimum atomic E-state index is -1.34. The van der Waals surface area contributed by atoms with Gasteiger partial charge in [-0.05, 0) is 25.3 Å². The largest absolute Gasteiger partial charge is 0.381 e. The van der Waals surface area contributed by atoms with Crippen LogP contribution in [0.1, 0.15) is 43.8 Å². The number of anilines is 1. The van der Waals surface area contributed by atoms with E-state index in [-0.39, 0.29) is 18.4 Å². The highest BCUT2D eigenvalue weighted by molar-refractivity contribution is 5.79.